The Morgan fingerprint density at radius 1 is 1.24 bits per heavy atom. The highest BCUT2D eigenvalue weighted by Crippen LogP contribution is 2.32. The first-order valence-corrected chi connectivity index (χ1v) is 5.86. The van der Waals surface area contributed by atoms with E-state index in [1.54, 1.807) is 6.92 Å². The zero-order chi connectivity index (χ0) is 13.1. The minimum Gasteiger partial charge on any atom is -0.480 e. The van der Waals surface area contributed by atoms with Crippen molar-refractivity contribution in [1.82, 2.24) is 5.32 Å². The van der Waals surface area contributed by atoms with Gasteiger partial charge in [0.25, 0.3) is 0 Å². The lowest BCUT2D eigenvalue weighted by Crippen LogP contribution is -2.41. The molecule has 0 aliphatic heterocycles. The Morgan fingerprint density at radius 3 is 2.18 bits per heavy atom. The average molecular weight is 235 g/mol. The Labute approximate surface area is 103 Å². The molecule has 0 aromatic heterocycles. The first-order chi connectivity index (χ1) is 7.82. The summed E-state index contributed by atoms with van der Waals surface area (Å²) in [5.74, 6) is -0.824. The topological polar surface area (TPSA) is 49.3 Å². The van der Waals surface area contributed by atoms with Gasteiger partial charge in [-0.1, -0.05) is 51.1 Å². The molecular weight excluding hydrogens is 214 g/mol. The van der Waals surface area contributed by atoms with E-state index < -0.39 is 12.0 Å². The SMILES string of the molecule is CC(NC(c1ccccc1)C(C)(C)C)C(=O)O. The fraction of sp³-hybridized carbons (Fsp3) is 0.500. The van der Waals surface area contributed by atoms with E-state index in [1.807, 2.05) is 30.3 Å². The van der Waals surface area contributed by atoms with Gasteiger partial charge >= 0.3 is 5.97 Å². The van der Waals surface area contributed by atoms with Crippen LogP contribution in [0.3, 0.4) is 0 Å². The first-order valence-electron chi connectivity index (χ1n) is 5.86. The second-order valence-corrected chi connectivity index (χ2v) is 5.44. The van der Waals surface area contributed by atoms with Crippen LogP contribution in [0.1, 0.15) is 39.3 Å². The summed E-state index contributed by atoms with van der Waals surface area (Å²) in [7, 11) is 0. The van der Waals surface area contributed by atoms with E-state index in [1.165, 1.54) is 0 Å². The van der Waals surface area contributed by atoms with Crippen molar-refractivity contribution in [3.05, 3.63) is 35.9 Å². The van der Waals surface area contributed by atoms with Gasteiger partial charge in [0.2, 0.25) is 0 Å². The lowest BCUT2D eigenvalue weighted by atomic mass is 9.82. The molecule has 3 heteroatoms. The summed E-state index contributed by atoms with van der Waals surface area (Å²) in [4.78, 5) is 10.9. The fourth-order valence-corrected chi connectivity index (χ4v) is 1.81. The third kappa shape index (κ3) is 3.86. The summed E-state index contributed by atoms with van der Waals surface area (Å²) in [5.41, 5.74) is 1.08. The number of benzene rings is 1. The summed E-state index contributed by atoms with van der Waals surface area (Å²) in [5, 5.41) is 12.2. The maximum absolute atomic E-state index is 10.9. The van der Waals surface area contributed by atoms with Gasteiger partial charge in [0.15, 0.2) is 0 Å². The molecule has 2 N–H and O–H groups in total. The normalized spacial score (nSPS) is 15.3. The molecule has 2 atom stereocenters. The molecule has 0 saturated carbocycles. The number of carbonyl (C=O) groups is 1. The number of carboxylic acids is 1. The molecule has 0 radical (unpaired) electrons. The van der Waals surface area contributed by atoms with Gasteiger partial charge in [-0.05, 0) is 17.9 Å². The van der Waals surface area contributed by atoms with Crippen molar-refractivity contribution in [3.63, 3.8) is 0 Å². The van der Waals surface area contributed by atoms with Gasteiger partial charge in [-0.15, -0.1) is 0 Å². The van der Waals surface area contributed by atoms with Gasteiger partial charge in [-0.3, -0.25) is 10.1 Å². The largest absolute Gasteiger partial charge is 0.480 e. The molecule has 2 unspecified atom stereocenters. The molecule has 1 rings (SSSR count). The van der Waals surface area contributed by atoms with Crippen molar-refractivity contribution in [2.45, 2.75) is 39.8 Å². The van der Waals surface area contributed by atoms with Crippen LogP contribution in [0.2, 0.25) is 0 Å². The Kier molecular flexibility index (Phi) is 4.29. The fourth-order valence-electron chi connectivity index (χ4n) is 1.81. The molecule has 0 heterocycles. The third-order valence-electron chi connectivity index (χ3n) is 2.79. The van der Waals surface area contributed by atoms with Crippen LogP contribution in [0.5, 0.6) is 0 Å². The predicted molar refractivity (Wildman–Crippen MR) is 68.9 cm³/mol. The highest BCUT2D eigenvalue weighted by Gasteiger charge is 2.28. The molecule has 1 aromatic rings. The molecule has 0 amide bonds. The maximum atomic E-state index is 10.9. The van der Waals surface area contributed by atoms with Crippen LogP contribution in [0.15, 0.2) is 30.3 Å². The zero-order valence-corrected chi connectivity index (χ0v) is 10.9. The van der Waals surface area contributed by atoms with Crippen LogP contribution in [-0.4, -0.2) is 17.1 Å². The predicted octanol–water partition coefficient (Wildman–Crippen LogP) is 2.84. The lowest BCUT2D eigenvalue weighted by Gasteiger charge is -2.33. The van der Waals surface area contributed by atoms with E-state index in [2.05, 4.69) is 26.1 Å². The van der Waals surface area contributed by atoms with E-state index in [0.717, 1.165) is 5.56 Å². The van der Waals surface area contributed by atoms with E-state index in [4.69, 9.17) is 5.11 Å². The molecule has 0 aliphatic carbocycles. The van der Waals surface area contributed by atoms with Crippen LogP contribution >= 0.6 is 0 Å². The van der Waals surface area contributed by atoms with E-state index in [0.29, 0.717) is 0 Å². The molecule has 1 aromatic carbocycles. The summed E-state index contributed by atoms with van der Waals surface area (Å²) in [6.45, 7) is 7.98. The molecule has 0 spiro atoms. The lowest BCUT2D eigenvalue weighted by molar-refractivity contribution is -0.139. The summed E-state index contributed by atoms with van der Waals surface area (Å²) < 4.78 is 0. The summed E-state index contributed by atoms with van der Waals surface area (Å²) in [6.07, 6.45) is 0. The number of aliphatic carboxylic acids is 1. The van der Waals surface area contributed by atoms with Gasteiger partial charge in [0.05, 0.1) is 0 Å². The minimum atomic E-state index is -0.824. The quantitative estimate of drug-likeness (QED) is 0.843. The second-order valence-electron chi connectivity index (χ2n) is 5.44. The molecule has 0 saturated heterocycles. The monoisotopic (exact) mass is 235 g/mol. The van der Waals surface area contributed by atoms with E-state index in [-0.39, 0.29) is 11.5 Å². The average Bonchev–Trinajstić information content (AvgIpc) is 2.25. The number of rotatable bonds is 4. The van der Waals surface area contributed by atoms with Crippen LogP contribution < -0.4 is 5.32 Å². The highest BCUT2D eigenvalue weighted by molar-refractivity contribution is 5.72. The number of nitrogens with one attached hydrogen (secondary N) is 1. The first kappa shape index (κ1) is 13.7. The van der Waals surface area contributed by atoms with Gasteiger partial charge in [-0.2, -0.15) is 0 Å². The number of carboxylic acid groups (broad SMARTS) is 1. The Balaban J connectivity index is 2.94. The van der Waals surface area contributed by atoms with Gasteiger partial charge in [-0.25, -0.2) is 0 Å². The molecule has 0 fully saturated rings. The van der Waals surface area contributed by atoms with Crippen LogP contribution in [0.25, 0.3) is 0 Å². The number of hydrogen-bond acceptors (Lipinski definition) is 2. The van der Waals surface area contributed by atoms with Crippen LogP contribution in [0.4, 0.5) is 0 Å². The Morgan fingerprint density at radius 2 is 1.76 bits per heavy atom. The van der Waals surface area contributed by atoms with Crippen molar-refractivity contribution in [2.24, 2.45) is 5.41 Å². The smallest absolute Gasteiger partial charge is 0.320 e. The zero-order valence-electron chi connectivity index (χ0n) is 10.9. The van der Waals surface area contributed by atoms with Crippen LogP contribution in [-0.2, 0) is 4.79 Å². The third-order valence-corrected chi connectivity index (χ3v) is 2.79. The van der Waals surface area contributed by atoms with Crippen molar-refractivity contribution in [1.29, 1.82) is 0 Å². The second kappa shape index (κ2) is 5.32. The maximum Gasteiger partial charge on any atom is 0.320 e. The molecule has 3 nitrogen and oxygen atoms in total. The molecule has 94 valence electrons. The van der Waals surface area contributed by atoms with E-state index in [9.17, 15) is 4.79 Å². The minimum absolute atomic E-state index is 0.0230. The standard InChI is InChI=1S/C14H21NO2/c1-10(13(16)17)15-12(14(2,3)4)11-8-6-5-7-9-11/h5-10,12,15H,1-4H3,(H,16,17). The molecule has 0 aliphatic rings. The van der Waals surface area contributed by atoms with Crippen molar-refractivity contribution >= 4 is 5.97 Å². The van der Waals surface area contributed by atoms with Crippen LogP contribution in [0, 0.1) is 5.41 Å². The van der Waals surface area contributed by atoms with Gasteiger partial charge < -0.3 is 5.11 Å². The van der Waals surface area contributed by atoms with Gasteiger partial charge in [0, 0.05) is 6.04 Å². The van der Waals surface area contributed by atoms with Crippen molar-refractivity contribution in [2.75, 3.05) is 0 Å². The van der Waals surface area contributed by atoms with Crippen molar-refractivity contribution in [3.8, 4) is 0 Å². The Bertz CT molecular complexity index is 368. The summed E-state index contributed by atoms with van der Waals surface area (Å²) >= 11 is 0. The molecular formula is C14H21NO2. The molecule has 17 heavy (non-hydrogen) atoms. The molecule has 0 bridgehead atoms. The number of hydrogen-bond donors (Lipinski definition) is 2. The summed E-state index contributed by atoms with van der Waals surface area (Å²) in [6, 6.07) is 9.43. The van der Waals surface area contributed by atoms with Crippen molar-refractivity contribution < 1.29 is 9.90 Å². The highest BCUT2D eigenvalue weighted by atomic mass is 16.4. The Hall–Kier alpha value is -1.35. The van der Waals surface area contributed by atoms with Gasteiger partial charge in [0.1, 0.15) is 6.04 Å². The van der Waals surface area contributed by atoms with E-state index >= 15 is 0 Å².